The van der Waals surface area contributed by atoms with E-state index in [1.54, 1.807) is 24.3 Å². The van der Waals surface area contributed by atoms with Crippen LogP contribution in [0, 0.1) is 17.8 Å². The van der Waals surface area contributed by atoms with E-state index in [9.17, 15) is 14.4 Å². The van der Waals surface area contributed by atoms with Gasteiger partial charge in [-0.25, -0.2) is 4.79 Å². The van der Waals surface area contributed by atoms with Crippen LogP contribution in [0.4, 0.5) is 0 Å². The highest BCUT2D eigenvalue weighted by Gasteiger charge is 2.41. The molecule has 2 aliphatic carbocycles. The molecule has 3 aliphatic rings. The van der Waals surface area contributed by atoms with Gasteiger partial charge >= 0.3 is 5.97 Å². The van der Waals surface area contributed by atoms with Gasteiger partial charge in [0.05, 0.1) is 17.0 Å². The Labute approximate surface area is 134 Å². The van der Waals surface area contributed by atoms with Gasteiger partial charge in [-0.15, -0.1) is 0 Å². The Kier molecular flexibility index (Phi) is 3.43. The largest absolute Gasteiger partial charge is 0.336 e. The molecule has 5 heteroatoms. The smallest absolute Gasteiger partial charge is 0.329 e. The number of nitrogens with zero attached hydrogens (tertiary/aromatic N) is 1. The highest BCUT2D eigenvalue weighted by molar-refractivity contribution is 6.20. The van der Waals surface area contributed by atoms with Crippen LogP contribution in [0.15, 0.2) is 24.3 Å². The summed E-state index contributed by atoms with van der Waals surface area (Å²) in [6.07, 6.45) is 6.34. The summed E-state index contributed by atoms with van der Waals surface area (Å²) in [6, 6.07) is 6.53. The SMILES string of the molecule is O=C(ON1C(=O)c2ccccc2C1=O)C1CCC(C2CC2)CC1. The lowest BCUT2D eigenvalue weighted by Crippen LogP contribution is -2.36. The average Bonchev–Trinajstić information content (AvgIpc) is 3.40. The third-order valence-electron chi connectivity index (χ3n) is 5.33. The molecule has 0 radical (unpaired) electrons. The summed E-state index contributed by atoms with van der Waals surface area (Å²) in [6.45, 7) is 0. The number of rotatable bonds is 3. The third-order valence-corrected chi connectivity index (χ3v) is 5.33. The zero-order valence-electron chi connectivity index (χ0n) is 12.9. The molecule has 0 spiro atoms. The second-order valence-corrected chi connectivity index (χ2v) is 6.81. The van der Waals surface area contributed by atoms with Crippen LogP contribution in [0.3, 0.4) is 0 Å². The Morgan fingerprint density at radius 1 is 0.870 bits per heavy atom. The van der Waals surface area contributed by atoms with Crippen LogP contribution >= 0.6 is 0 Å². The zero-order valence-corrected chi connectivity index (χ0v) is 12.9. The van der Waals surface area contributed by atoms with Crippen LogP contribution in [0.5, 0.6) is 0 Å². The van der Waals surface area contributed by atoms with E-state index in [4.69, 9.17) is 4.84 Å². The molecule has 1 aliphatic heterocycles. The Balaban J connectivity index is 1.40. The molecule has 0 unspecified atom stereocenters. The standard InChI is InChI=1S/C18H19NO4/c20-16-14-3-1-2-4-15(14)17(21)19(16)23-18(22)13-9-7-12(8-10-13)11-5-6-11/h1-4,11-13H,5-10H2. The van der Waals surface area contributed by atoms with Crippen molar-refractivity contribution in [3.63, 3.8) is 0 Å². The summed E-state index contributed by atoms with van der Waals surface area (Å²) in [7, 11) is 0. The van der Waals surface area contributed by atoms with E-state index >= 15 is 0 Å². The molecule has 5 nitrogen and oxygen atoms in total. The first-order chi connectivity index (χ1) is 11.1. The van der Waals surface area contributed by atoms with E-state index in [2.05, 4.69) is 0 Å². The van der Waals surface area contributed by atoms with Crippen molar-refractivity contribution in [2.24, 2.45) is 17.8 Å². The zero-order chi connectivity index (χ0) is 16.0. The van der Waals surface area contributed by atoms with Gasteiger partial charge in [-0.2, -0.15) is 0 Å². The number of imide groups is 1. The van der Waals surface area contributed by atoms with Crippen LogP contribution in [-0.2, 0) is 9.63 Å². The molecule has 2 saturated carbocycles. The van der Waals surface area contributed by atoms with Crippen molar-refractivity contribution < 1.29 is 19.2 Å². The van der Waals surface area contributed by atoms with Gasteiger partial charge in [0.25, 0.3) is 11.8 Å². The molecule has 0 N–H and O–H groups in total. The minimum Gasteiger partial charge on any atom is -0.329 e. The minimum atomic E-state index is -0.550. The molecule has 120 valence electrons. The lowest BCUT2D eigenvalue weighted by Gasteiger charge is -2.27. The van der Waals surface area contributed by atoms with Gasteiger partial charge < -0.3 is 4.84 Å². The molecule has 0 saturated heterocycles. The van der Waals surface area contributed by atoms with Crippen molar-refractivity contribution in [3.8, 4) is 0 Å². The number of hydrogen-bond acceptors (Lipinski definition) is 4. The molecular formula is C18H19NO4. The summed E-state index contributed by atoms with van der Waals surface area (Å²) in [5, 5.41) is 0.625. The average molecular weight is 313 g/mol. The van der Waals surface area contributed by atoms with Gasteiger partial charge in [0.15, 0.2) is 0 Å². The molecule has 1 aromatic carbocycles. The van der Waals surface area contributed by atoms with Gasteiger partial charge in [0.1, 0.15) is 0 Å². The molecule has 2 amide bonds. The van der Waals surface area contributed by atoms with Gasteiger partial charge in [0.2, 0.25) is 0 Å². The first-order valence-corrected chi connectivity index (χ1v) is 8.35. The second kappa shape index (κ2) is 5.48. The molecule has 0 bridgehead atoms. The maximum atomic E-state index is 12.3. The Morgan fingerprint density at radius 2 is 1.35 bits per heavy atom. The summed E-state index contributed by atoms with van der Waals surface area (Å²) in [4.78, 5) is 41.9. The molecule has 2 fully saturated rings. The second-order valence-electron chi connectivity index (χ2n) is 6.81. The molecule has 1 heterocycles. The van der Waals surface area contributed by atoms with E-state index in [-0.39, 0.29) is 5.92 Å². The summed E-state index contributed by atoms with van der Waals surface area (Å²) >= 11 is 0. The van der Waals surface area contributed by atoms with Crippen molar-refractivity contribution in [1.82, 2.24) is 5.06 Å². The topological polar surface area (TPSA) is 63.7 Å². The van der Waals surface area contributed by atoms with Crippen molar-refractivity contribution in [3.05, 3.63) is 35.4 Å². The Bertz CT molecular complexity index is 636. The van der Waals surface area contributed by atoms with Crippen molar-refractivity contribution in [2.45, 2.75) is 38.5 Å². The first kappa shape index (κ1) is 14.4. The molecule has 4 rings (SSSR count). The van der Waals surface area contributed by atoms with E-state index in [1.807, 2.05) is 0 Å². The molecule has 0 aromatic heterocycles. The number of amides is 2. The lowest BCUT2D eigenvalue weighted by atomic mass is 9.80. The number of carbonyl (C=O) groups excluding carboxylic acids is 3. The Hall–Kier alpha value is -2.17. The third kappa shape index (κ3) is 2.54. The summed E-state index contributed by atoms with van der Waals surface area (Å²) in [5.41, 5.74) is 0.588. The van der Waals surface area contributed by atoms with Crippen molar-refractivity contribution >= 4 is 17.8 Å². The molecule has 1 aromatic rings. The van der Waals surface area contributed by atoms with Crippen LogP contribution in [0.2, 0.25) is 0 Å². The fourth-order valence-corrected chi connectivity index (χ4v) is 3.81. The maximum Gasteiger partial charge on any atom is 0.336 e. The summed E-state index contributed by atoms with van der Waals surface area (Å²) < 4.78 is 0. The fourth-order valence-electron chi connectivity index (χ4n) is 3.81. The quantitative estimate of drug-likeness (QED) is 0.805. The van der Waals surface area contributed by atoms with E-state index in [0.29, 0.717) is 16.2 Å². The minimum absolute atomic E-state index is 0.200. The van der Waals surface area contributed by atoms with Gasteiger partial charge in [0, 0.05) is 0 Å². The maximum absolute atomic E-state index is 12.3. The molecular weight excluding hydrogens is 294 g/mol. The molecule has 0 atom stereocenters. The highest BCUT2D eigenvalue weighted by Crippen LogP contribution is 2.45. The fraction of sp³-hybridized carbons (Fsp3) is 0.500. The number of hydroxylamine groups is 2. The van der Waals surface area contributed by atoms with Crippen LogP contribution in [0.1, 0.15) is 59.2 Å². The number of carbonyl (C=O) groups is 3. The van der Waals surface area contributed by atoms with E-state index < -0.39 is 17.8 Å². The van der Waals surface area contributed by atoms with Crippen LogP contribution in [0.25, 0.3) is 0 Å². The van der Waals surface area contributed by atoms with Gasteiger partial charge in [-0.05, 0) is 62.5 Å². The predicted octanol–water partition coefficient (Wildman–Crippen LogP) is 2.96. The van der Waals surface area contributed by atoms with E-state index in [0.717, 1.165) is 37.5 Å². The van der Waals surface area contributed by atoms with Crippen LogP contribution < -0.4 is 0 Å². The highest BCUT2D eigenvalue weighted by atomic mass is 16.7. The lowest BCUT2D eigenvalue weighted by molar-refractivity contribution is -0.175. The number of hydrogen-bond donors (Lipinski definition) is 0. The molecule has 23 heavy (non-hydrogen) atoms. The monoisotopic (exact) mass is 313 g/mol. The predicted molar refractivity (Wildman–Crippen MR) is 81.2 cm³/mol. The van der Waals surface area contributed by atoms with E-state index in [1.165, 1.54) is 12.8 Å². The normalized spacial score (nSPS) is 27.0. The van der Waals surface area contributed by atoms with Crippen molar-refractivity contribution in [1.29, 1.82) is 0 Å². The number of benzene rings is 1. The van der Waals surface area contributed by atoms with Gasteiger partial charge in [-0.1, -0.05) is 17.2 Å². The summed E-state index contributed by atoms with van der Waals surface area (Å²) in [5.74, 6) is -0.138. The van der Waals surface area contributed by atoms with Crippen LogP contribution in [-0.4, -0.2) is 22.8 Å². The Morgan fingerprint density at radius 3 is 1.83 bits per heavy atom. The van der Waals surface area contributed by atoms with Gasteiger partial charge in [-0.3, -0.25) is 9.59 Å². The van der Waals surface area contributed by atoms with Crippen molar-refractivity contribution in [2.75, 3.05) is 0 Å². The number of fused-ring (bicyclic) bond motifs is 1. The first-order valence-electron chi connectivity index (χ1n) is 8.35.